The minimum absolute atomic E-state index is 0.0835. The zero-order valence-electron chi connectivity index (χ0n) is 18.5. The number of hydrogen-bond donors (Lipinski definition) is 0. The molecule has 0 aromatic heterocycles. The molecule has 0 aliphatic heterocycles. The first-order valence-corrected chi connectivity index (χ1v) is 9.67. The zero-order chi connectivity index (χ0) is 23.5. The molecular formula is C22H26O10. The Labute approximate surface area is 185 Å². The summed E-state index contributed by atoms with van der Waals surface area (Å²) in [5.74, 6) is -0.604. The molecule has 0 saturated carbocycles. The molecule has 0 atom stereocenters. The Morgan fingerprint density at radius 1 is 0.719 bits per heavy atom. The molecule has 2 aromatic carbocycles. The van der Waals surface area contributed by atoms with Crippen LogP contribution in [-0.2, 0) is 19.6 Å². The lowest BCUT2D eigenvalue weighted by molar-refractivity contribution is -0.421. The lowest BCUT2D eigenvalue weighted by Crippen LogP contribution is -2.22. The molecule has 0 fully saturated rings. The van der Waals surface area contributed by atoms with Crippen LogP contribution in [0.3, 0.4) is 0 Å². The van der Waals surface area contributed by atoms with E-state index in [1.54, 1.807) is 24.3 Å². The van der Waals surface area contributed by atoms with E-state index in [-0.39, 0.29) is 29.0 Å². The number of carbonyl (C=O) groups excluding carboxylic acids is 2. The molecule has 0 aliphatic carbocycles. The molecule has 2 rings (SSSR count). The largest absolute Gasteiger partial charge is 0.493 e. The van der Waals surface area contributed by atoms with Gasteiger partial charge in [0.05, 0.1) is 28.4 Å². The van der Waals surface area contributed by atoms with E-state index in [2.05, 4.69) is 0 Å². The highest BCUT2D eigenvalue weighted by Crippen LogP contribution is 2.32. The van der Waals surface area contributed by atoms with Crippen molar-refractivity contribution in [2.75, 3.05) is 28.4 Å². The maximum absolute atomic E-state index is 12.4. The molecule has 2 aromatic rings. The molecule has 10 heteroatoms. The fraction of sp³-hybridized carbons (Fsp3) is 0.364. The smallest absolute Gasteiger partial charge is 0.377 e. The molecule has 0 saturated heterocycles. The first-order chi connectivity index (χ1) is 15.5. The number of para-hydroxylation sites is 2. The SMILES string of the molecule is CCCC(OOC(=O)c1cccc(OC)c1OC)OOC(=O)c1cccc(OC)c1OC. The van der Waals surface area contributed by atoms with Gasteiger partial charge in [0.2, 0.25) is 6.29 Å². The summed E-state index contributed by atoms with van der Waals surface area (Å²) in [6.07, 6.45) is -0.309. The number of methoxy groups -OCH3 is 4. The zero-order valence-corrected chi connectivity index (χ0v) is 18.5. The molecular weight excluding hydrogens is 424 g/mol. The van der Waals surface area contributed by atoms with Crippen LogP contribution < -0.4 is 18.9 Å². The van der Waals surface area contributed by atoms with Gasteiger partial charge in [-0.3, -0.25) is 9.78 Å². The average molecular weight is 450 g/mol. The average Bonchev–Trinajstić information content (AvgIpc) is 2.83. The molecule has 32 heavy (non-hydrogen) atoms. The molecule has 0 bridgehead atoms. The lowest BCUT2D eigenvalue weighted by Gasteiger charge is -2.16. The van der Waals surface area contributed by atoms with Gasteiger partial charge in [-0.2, -0.15) is 0 Å². The molecule has 0 unspecified atom stereocenters. The van der Waals surface area contributed by atoms with Crippen LogP contribution in [0.25, 0.3) is 0 Å². The van der Waals surface area contributed by atoms with Gasteiger partial charge in [0.1, 0.15) is 11.1 Å². The maximum atomic E-state index is 12.4. The first kappa shape index (κ1) is 24.8. The highest BCUT2D eigenvalue weighted by Gasteiger charge is 2.24. The normalized spacial score (nSPS) is 10.4. The van der Waals surface area contributed by atoms with Crippen molar-refractivity contribution in [3.8, 4) is 23.0 Å². The van der Waals surface area contributed by atoms with Crippen LogP contribution >= 0.6 is 0 Å². The summed E-state index contributed by atoms with van der Waals surface area (Å²) in [6.45, 7) is 1.85. The minimum atomic E-state index is -1.17. The second kappa shape index (κ2) is 12.4. The van der Waals surface area contributed by atoms with Crippen LogP contribution in [0.5, 0.6) is 23.0 Å². The summed E-state index contributed by atoms with van der Waals surface area (Å²) < 4.78 is 20.7. The number of carbonyl (C=O) groups is 2. The first-order valence-electron chi connectivity index (χ1n) is 9.67. The second-order valence-electron chi connectivity index (χ2n) is 6.23. The van der Waals surface area contributed by atoms with Crippen LogP contribution in [0.1, 0.15) is 40.5 Å². The Kier molecular flexibility index (Phi) is 9.58. The number of ether oxygens (including phenoxy) is 4. The maximum Gasteiger partial charge on any atom is 0.377 e. The standard InChI is InChI=1S/C22H26O10/c1-6-9-18(29-31-21(23)14-10-7-12-16(25-2)19(14)27-4)30-32-22(24)15-11-8-13-17(26-3)20(15)28-5/h7-8,10-13,18H,6,9H2,1-5H3. The van der Waals surface area contributed by atoms with Crippen LogP contribution in [0.15, 0.2) is 36.4 Å². The third-order valence-electron chi connectivity index (χ3n) is 4.23. The fourth-order valence-corrected chi connectivity index (χ4v) is 2.73. The van der Waals surface area contributed by atoms with Crippen LogP contribution in [0.4, 0.5) is 0 Å². The van der Waals surface area contributed by atoms with E-state index < -0.39 is 18.2 Å². The van der Waals surface area contributed by atoms with Crippen molar-refractivity contribution < 1.29 is 48.1 Å². The summed E-state index contributed by atoms with van der Waals surface area (Å²) in [5.41, 5.74) is 0.167. The molecule has 0 aliphatic rings. The van der Waals surface area contributed by atoms with Gasteiger partial charge < -0.3 is 18.9 Å². The minimum Gasteiger partial charge on any atom is -0.493 e. The Bertz CT molecular complexity index is 840. The predicted molar refractivity (Wildman–Crippen MR) is 111 cm³/mol. The van der Waals surface area contributed by atoms with Crippen molar-refractivity contribution in [2.45, 2.75) is 26.1 Å². The summed E-state index contributed by atoms with van der Waals surface area (Å²) >= 11 is 0. The highest BCUT2D eigenvalue weighted by atomic mass is 17.3. The molecule has 10 nitrogen and oxygen atoms in total. The van der Waals surface area contributed by atoms with E-state index in [9.17, 15) is 9.59 Å². The molecule has 0 heterocycles. The summed E-state index contributed by atoms with van der Waals surface area (Å²) in [5, 5.41) is 0. The summed E-state index contributed by atoms with van der Waals surface area (Å²) in [6, 6.07) is 9.43. The Balaban J connectivity index is 2.03. The van der Waals surface area contributed by atoms with Crippen molar-refractivity contribution in [2.24, 2.45) is 0 Å². The third-order valence-corrected chi connectivity index (χ3v) is 4.23. The van der Waals surface area contributed by atoms with Gasteiger partial charge in [0.25, 0.3) is 0 Å². The van der Waals surface area contributed by atoms with E-state index in [1.165, 1.54) is 40.6 Å². The quantitative estimate of drug-likeness (QED) is 0.270. The van der Waals surface area contributed by atoms with Crippen LogP contribution in [-0.4, -0.2) is 46.7 Å². The molecule has 0 radical (unpaired) electrons. The second-order valence-corrected chi connectivity index (χ2v) is 6.23. The van der Waals surface area contributed by atoms with Gasteiger partial charge in [0, 0.05) is 6.42 Å². The van der Waals surface area contributed by atoms with Crippen molar-refractivity contribution in [3.63, 3.8) is 0 Å². The van der Waals surface area contributed by atoms with Crippen molar-refractivity contribution in [3.05, 3.63) is 47.5 Å². The fourth-order valence-electron chi connectivity index (χ4n) is 2.73. The van der Waals surface area contributed by atoms with Gasteiger partial charge in [0.15, 0.2) is 23.0 Å². The summed E-state index contributed by atoms with van der Waals surface area (Å²) in [7, 11) is 5.68. The lowest BCUT2D eigenvalue weighted by atomic mass is 10.2. The molecule has 0 amide bonds. The van der Waals surface area contributed by atoms with Crippen molar-refractivity contribution in [1.29, 1.82) is 0 Å². The number of rotatable bonds is 12. The highest BCUT2D eigenvalue weighted by molar-refractivity contribution is 5.93. The number of benzene rings is 2. The Morgan fingerprint density at radius 2 is 1.16 bits per heavy atom. The van der Waals surface area contributed by atoms with Crippen LogP contribution in [0, 0.1) is 0 Å². The predicted octanol–water partition coefficient (Wildman–Crippen LogP) is 3.72. The van der Waals surface area contributed by atoms with E-state index in [0.29, 0.717) is 17.9 Å². The van der Waals surface area contributed by atoms with E-state index >= 15 is 0 Å². The van der Waals surface area contributed by atoms with Gasteiger partial charge in [-0.25, -0.2) is 9.59 Å². The van der Waals surface area contributed by atoms with Gasteiger partial charge in [-0.15, -0.1) is 9.78 Å². The van der Waals surface area contributed by atoms with E-state index in [4.69, 9.17) is 38.5 Å². The number of hydrogen-bond acceptors (Lipinski definition) is 10. The topological polar surface area (TPSA) is 108 Å². The van der Waals surface area contributed by atoms with Gasteiger partial charge in [-0.05, 0) is 24.3 Å². The van der Waals surface area contributed by atoms with Crippen LogP contribution in [0.2, 0.25) is 0 Å². The molecule has 174 valence electrons. The van der Waals surface area contributed by atoms with Crippen molar-refractivity contribution >= 4 is 11.9 Å². The summed E-state index contributed by atoms with van der Waals surface area (Å²) in [4.78, 5) is 44.7. The Hall–Kier alpha value is -3.50. The van der Waals surface area contributed by atoms with Gasteiger partial charge in [-0.1, -0.05) is 25.5 Å². The molecule has 0 spiro atoms. The van der Waals surface area contributed by atoms with E-state index in [1.807, 2.05) is 6.92 Å². The van der Waals surface area contributed by atoms with Gasteiger partial charge >= 0.3 is 11.9 Å². The molecule has 0 N–H and O–H groups in total. The van der Waals surface area contributed by atoms with Crippen molar-refractivity contribution in [1.82, 2.24) is 0 Å². The third kappa shape index (κ3) is 6.02. The Morgan fingerprint density at radius 3 is 1.50 bits per heavy atom. The monoisotopic (exact) mass is 450 g/mol. The van der Waals surface area contributed by atoms with E-state index in [0.717, 1.165) is 0 Å².